The lowest BCUT2D eigenvalue weighted by molar-refractivity contribution is 0.0911. The molecule has 0 aliphatic heterocycles. The van der Waals surface area contributed by atoms with E-state index in [4.69, 9.17) is 4.74 Å². The Labute approximate surface area is 140 Å². The molecule has 0 saturated heterocycles. The zero-order valence-corrected chi connectivity index (χ0v) is 13.8. The molecule has 24 heavy (non-hydrogen) atoms. The molecule has 0 fully saturated rings. The number of hydrogen-bond acceptors (Lipinski definition) is 4. The monoisotopic (exact) mass is 324 g/mol. The molecule has 5 heteroatoms. The average Bonchev–Trinajstić information content (AvgIpc) is 2.57. The van der Waals surface area contributed by atoms with E-state index in [-0.39, 0.29) is 18.7 Å². The molecule has 0 amide bonds. The fraction of sp³-hybridized carbons (Fsp3) is 0.263. The van der Waals surface area contributed by atoms with Crippen LogP contribution in [0.25, 0.3) is 10.9 Å². The van der Waals surface area contributed by atoms with Crippen LogP contribution in [0.3, 0.4) is 0 Å². The van der Waals surface area contributed by atoms with Gasteiger partial charge in [-0.25, -0.2) is 4.98 Å². The maximum Gasteiger partial charge on any atom is 0.261 e. The van der Waals surface area contributed by atoms with Crippen LogP contribution >= 0.6 is 0 Å². The molecule has 124 valence electrons. The number of aliphatic hydroxyl groups excluding tert-OH is 1. The summed E-state index contributed by atoms with van der Waals surface area (Å²) in [6.45, 7) is 4.12. The first-order valence-corrected chi connectivity index (χ1v) is 7.87. The second kappa shape index (κ2) is 6.84. The molecule has 1 heterocycles. The van der Waals surface area contributed by atoms with Gasteiger partial charge in [-0.05, 0) is 37.1 Å². The lowest BCUT2D eigenvalue weighted by Crippen LogP contribution is -2.30. The lowest BCUT2D eigenvalue weighted by atomic mass is 10.1. The second-order valence-corrected chi connectivity index (χ2v) is 5.90. The summed E-state index contributed by atoms with van der Waals surface area (Å²) in [6.07, 6.45) is 0.681. The lowest BCUT2D eigenvalue weighted by Gasteiger charge is -2.15. The standard InChI is InChI=1S/C19H20N2O3/c1-13-6-3-4-9-17(13)24-11-15(22)10-21-12-20-18-14(2)7-5-8-16(18)19(21)23/h3-9,12,15,22H,10-11H2,1-2H3. The number of hydrogen-bond donors (Lipinski definition) is 1. The molecule has 1 aromatic heterocycles. The summed E-state index contributed by atoms with van der Waals surface area (Å²) in [5.41, 5.74) is 2.51. The highest BCUT2D eigenvalue weighted by Gasteiger charge is 2.11. The van der Waals surface area contributed by atoms with Crippen LogP contribution in [0.4, 0.5) is 0 Å². The first-order valence-electron chi connectivity index (χ1n) is 7.87. The van der Waals surface area contributed by atoms with Crippen molar-refractivity contribution in [3.63, 3.8) is 0 Å². The van der Waals surface area contributed by atoms with E-state index < -0.39 is 6.10 Å². The third kappa shape index (κ3) is 3.31. The van der Waals surface area contributed by atoms with Gasteiger partial charge in [0.15, 0.2) is 0 Å². The molecule has 2 aromatic carbocycles. The molecule has 0 spiro atoms. The minimum Gasteiger partial charge on any atom is -0.491 e. The van der Waals surface area contributed by atoms with E-state index in [2.05, 4.69) is 4.98 Å². The van der Waals surface area contributed by atoms with Crippen molar-refractivity contribution in [3.05, 3.63) is 70.3 Å². The van der Waals surface area contributed by atoms with E-state index in [1.165, 1.54) is 10.9 Å². The van der Waals surface area contributed by atoms with Crippen LogP contribution in [0.2, 0.25) is 0 Å². The van der Waals surface area contributed by atoms with Crippen LogP contribution < -0.4 is 10.3 Å². The first kappa shape index (κ1) is 16.2. The van der Waals surface area contributed by atoms with E-state index in [0.29, 0.717) is 10.9 Å². The van der Waals surface area contributed by atoms with Gasteiger partial charge in [0.2, 0.25) is 0 Å². The third-order valence-electron chi connectivity index (χ3n) is 3.99. The molecule has 3 rings (SSSR count). The van der Waals surface area contributed by atoms with Crippen molar-refractivity contribution in [3.8, 4) is 5.75 Å². The first-order chi connectivity index (χ1) is 11.6. The summed E-state index contributed by atoms with van der Waals surface area (Å²) >= 11 is 0. The Morgan fingerprint density at radius 1 is 1.12 bits per heavy atom. The number of rotatable bonds is 5. The Balaban J connectivity index is 1.74. The van der Waals surface area contributed by atoms with Gasteiger partial charge < -0.3 is 9.84 Å². The van der Waals surface area contributed by atoms with Crippen LogP contribution in [0.5, 0.6) is 5.75 Å². The molecule has 0 saturated carbocycles. The van der Waals surface area contributed by atoms with Gasteiger partial charge in [-0.15, -0.1) is 0 Å². The van der Waals surface area contributed by atoms with E-state index in [0.717, 1.165) is 16.9 Å². The van der Waals surface area contributed by atoms with Gasteiger partial charge in [0.05, 0.1) is 23.8 Å². The molecule has 3 aromatic rings. The predicted octanol–water partition coefficient (Wildman–Crippen LogP) is 2.45. The van der Waals surface area contributed by atoms with Crippen molar-refractivity contribution in [1.82, 2.24) is 9.55 Å². The predicted molar refractivity (Wildman–Crippen MR) is 93.4 cm³/mol. The van der Waals surface area contributed by atoms with Crippen LogP contribution in [0.1, 0.15) is 11.1 Å². The largest absolute Gasteiger partial charge is 0.491 e. The van der Waals surface area contributed by atoms with Crippen molar-refractivity contribution < 1.29 is 9.84 Å². The highest BCUT2D eigenvalue weighted by atomic mass is 16.5. The van der Waals surface area contributed by atoms with E-state index in [9.17, 15) is 9.90 Å². The fourth-order valence-electron chi connectivity index (χ4n) is 2.65. The normalized spacial score (nSPS) is 12.3. The summed E-state index contributed by atoms with van der Waals surface area (Å²) in [7, 11) is 0. The summed E-state index contributed by atoms with van der Waals surface area (Å²) in [5, 5.41) is 10.8. The van der Waals surface area contributed by atoms with E-state index in [1.54, 1.807) is 6.07 Å². The summed E-state index contributed by atoms with van der Waals surface area (Å²) < 4.78 is 7.06. The number of fused-ring (bicyclic) bond motifs is 1. The molecule has 5 nitrogen and oxygen atoms in total. The van der Waals surface area contributed by atoms with Gasteiger partial charge in [-0.2, -0.15) is 0 Å². The topological polar surface area (TPSA) is 64.3 Å². The molecule has 0 aliphatic rings. The smallest absolute Gasteiger partial charge is 0.261 e. The minimum atomic E-state index is -0.800. The Bertz CT molecular complexity index is 918. The maximum absolute atomic E-state index is 12.5. The molecule has 0 radical (unpaired) electrons. The van der Waals surface area contributed by atoms with Crippen LogP contribution in [-0.4, -0.2) is 27.4 Å². The Morgan fingerprint density at radius 3 is 2.67 bits per heavy atom. The van der Waals surface area contributed by atoms with Gasteiger partial charge in [0, 0.05) is 0 Å². The maximum atomic E-state index is 12.5. The molecular formula is C19H20N2O3. The number of nitrogens with zero attached hydrogens (tertiary/aromatic N) is 2. The number of para-hydroxylation sites is 2. The fourth-order valence-corrected chi connectivity index (χ4v) is 2.65. The Kier molecular flexibility index (Phi) is 4.62. The SMILES string of the molecule is Cc1ccccc1OCC(O)Cn1cnc2c(C)cccc2c1=O. The van der Waals surface area contributed by atoms with Crippen LogP contribution in [-0.2, 0) is 6.54 Å². The van der Waals surface area contributed by atoms with Gasteiger partial charge in [0.25, 0.3) is 5.56 Å². The summed E-state index contributed by atoms with van der Waals surface area (Å²) in [5.74, 6) is 0.733. The number of aliphatic hydroxyl groups is 1. The van der Waals surface area contributed by atoms with Crippen molar-refractivity contribution in [1.29, 1.82) is 0 Å². The zero-order chi connectivity index (χ0) is 17.1. The van der Waals surface area contributed by atoms with Crippen molar-refractivity contribution >= 4 is 10.9 Å². The van der Waals surface area contributed by atoms with Crippen LogP contribution in [0.15, 0.2) is 53.6 Å². The number of benzene rings is 2. The van der Waals surface area contributed by atoms with Crippen LogP contribution in [0, 0.1) is 13.8 Å². The van der Waals surface area contributed by atoms with Gasteiger partial charge in [-0.1, -0.05) is 30.3 Å². The van der Waals surface area contributed by atoms with Gasteiger partial charge >= 0.3 is 0 Å². The summed E-state index contributed by atoms with van der Waals surface area (Å²) in [4.78, 5) is 16.9. The van der Waals surface area contributed by atoms with Crippen molar-refractivity contribution in [2.24, 2.45) is 0 Å². The Morgan fingerprint density at radius 2 is 1.88 bits per heavy atom. The molecule has 1 atom stereocenters. The van der Waals surface area contributed by atoms with Gasteiger partial charge in [0.1, 0.15) is 18.5 Å². The average molecular weight is 324 g/mol. The van der Waals surface area contributed by atoms with Crippen molar-refractivity contribution in [2.75, 3.05) is 6.61 Å². The highest BCUT2D eigenvalue weighted by Crippen LogP contribution is 2.16. The second-order valence-electron chi connectivity index (χ2n) is 5.90. The summed E-state index contributed by atoms with van der Waals surface area (Å²) in [6, 6.07) is 13.1. The highest BCUT2D eigenvalue weighted by molar-refractivity contribution is 5.80. The Hall–Kier alpha value is -2.66. The molecule has 1 unspecified atom stereocenters. The molecular weight excluding hydrogens is 304 g/mol. The quantitative estimate of drug-likeness (QED) is 0.783. The molecule has 0 aliphatic carbocycles. The zero-order valence-electron chi connectivity index (χ0n) is 13.8. The van der Waals surface area contributed by atoms with Gasteiger partial charge in [-0.3, -0.25) is 9.36 Å². The van der Waals surface area contributed by atoms with E-state index in [1.807, 2.05) is 50.2 Å². The molecule has 1 N–H and O–H groups in total. The number of aromatic nitrogens is 2. The minimum absolute atomic E-state index is 0.114. The number of ether oxygens (including phenoxy) is 1. The third-order valence-corrected chi connectivity index (χ3v) is 3.99. The van der Waals surface area contributed by atoms with Crippen molar-refractivity contribution in [2.45, 2.75) is 26.5 Å². The number of aryl methyl sites for hydroxylation is 2. The van der Waals surface area contributed by atoms with E-state index >= 15 is 0 Å². The molecule has 0 bridgehead atoms.